The number of morpholine rings is 1. The summed E-state index contributed by atoms with van der Waals surface area (Å²) in [7, 11) is 0. The minimum atomic E-state index is -0.0208. The molecular formula is C20H25N3O2. The molecule has 25 heavy (non-hydrogen) atoms. The summed E-state index contributed by atoms with van der Waals surface area (Å²) < 4.78 is 5.43. The van der Waals surface area contributed by atoms with Gasteiger partial charge in [-0.25, -0.2) is 9.97 Å². The summed E-state index contributed by atoms with van der Waals surface area (Å²) in [5.41, 5.74) is 5.24. The number of ketones is 1. The molecule has 0 N–H and O–H groups in total. The second-order valence-electron chi connectivity index (χ2n) is 6.77. The maximum absolute atomic E-state index is 13.3. The average molecular weight is 339 g/mol. The van der Waals surface area contributed by atoms with E-state index in [4.69, 9.17) is 4.74 Å². The zero-order valence-electron chi connectivity index (χ0n) is 15.6. The van der Waals surface area contributed by atoms with Crippen LogP contribution in [0.2, 0.25) is 0 Å². The predicted octanol–water partition coefficient (Wildman–Crippen LogP) is 3.09. The Bertz CT molecular complexity index is 801. The molecule has 3 rings (SSSR count). The SMILES string of the molecule is Cc1cc(C)c(C(=O)c2nc(C)nc(N3CCOCC3)c2C)c(C)c1. The molecule has 1 fully saturated rings. The van der Waals surface area contributed by atoms with E-state index in [0.717, 1.165) is 46.7 Å². The molecule has 0 radical (unpaired) electrons. The normalized spacial score (nSPS) is 14.7. The van der Waals surface area contributed by atoms with E-state index < -0.39 is 0 Å². The summed E-state index contributed by atoms with van der Waals surface area (Å²) in [5.74, 6) is 1.45. The van der Waals surface area contributed by atoms with Crippen LogP contribution in [0, 0.1) is 34.6 Å². The molecule has 0 atom stereocenters. The molecule has 0 amide bonds. The lowest BCUT2D eigenvalue weighted by atomic mass is 9.94. The summed E-state index contributed by atoms with van der Waals surface area (Å²) in [6, 6.07) is 4.10. The topological polar surface area (TPSA) is 55.3 Å². The summed E-state index contributed by atoms with van der Waals surface area (Å²) in [6.07, 6.45) is 0. The first-order valence-corrected chi connectivity index (χ1v) is 8.69. The van der Waals surface area contributed by atoms with Gasteiger partial charge in [-0.2, -0.15) is 0 Å². The Balaban J connectivity index is 2.08. The fourth-order valence-electron chi connectivity index (χ4n) is 3.57. The number of anilines is 1. The fraction of sp³-hybridized carbons (Fsp3) is 0.450. The third-order valence-electron chi connectivity index (χ3n) is 4.66. The van der Waals surface area contributed by atoms with Gasteiger partial charge in [0.1, 0.15) is 17.3 Å². The maximum atomic E-state index is 13.3. The van der Waals surface area contributed by atoms with Crippen molar-refractivity contribution >= 4 is 11.6 Å². The number of hydrogen-bond donors (Lipinski definition) is 0. The van der Waals surface area contributed by atoms with E-state index in [-0.39, 0.29) is 5.78 Å². The Morgan fingerprint density at radius 3 is 2.20 bits per heavy atom. The third kappa shape index (κ3) is 3.42. The highest BCUT2D eigenvalue weighted by atomic mass is 16.5. The van der Waals surface area contributed by atoms with Crippen molar-refractivity contribution in [3.63, 3.8) is 0 Å². The Kier molecular flexibility index (Phi) is 4.86. The first kappa shape index (κ1) is 17.5. The molecule has 1 aromatic heterocycles. The molecule has 0 unspecified atom stereocenters. The second kappa shape index (κ2) is 6.92. The number of benzene rings is 1. The van der Waals surface area contributed by atoms with Crippen molar-refractivity contribution in [2.24, 2.45) is 0 Å². The van der Waals surface area contributed by atoms with E-state index in [1.165, 1.54) is 0 Å². The molecule has 0 spiro atoms. The van der Waals surface area contributed by atoms with Crippen molar-refractivity contribution in [1.29, 1.82) is 0 Å². The third-order valence-corrected chi connectivity index (χ3v) is 4.66. The Labute approximate surface area is 149 Å². The van der Waals surface area contributed by atoms with E-state index >= 15 is 0 Å². The molecule has 1 saturated heterocycles. The number of hydrogen-bond acceptors (Lipinski definition) is 5. The van der Waals surface area contributed by atoms with Gasteiger partial charge in [0.15, 0.2) is 0 Å². The maximum Gasteiger partial charge on any atom is 0.212 e. The Hall–Kier alpha value is -2.27. The zero-order chi connectivity index (χ0) is 18.1. The predicted molar refractivity (Wildman–Crippen MR) is 98.6 cm³/mol. The van der Waals surface area contributed by atoms with Crippen LogP contribution in [0.5, 0.6) is 0 Å². The van der Waals surface area contributed by atoms with E-state index in [1.807, 2.05) is 46.8 Å². The minimum absolute atomic E-state index is 0.0208. The van der Waals surface area contributed by atoms with Gasteiger partial charge in [0.2, 0.25) is 5.78 Å². The van der Waals surface area contributed by atoms with Crippen molar-refractivity contribution in [1.82, 2.24) is 9.97 Å². The number of aryl methyl sites for hydroxylation is 4. The quantitative estimate of drug-likeness (QED) is 0.804. The number of aromatic nitrogens is 2. The number of nitrogens with zero attached hydrogens (tertiary/aromatic N) is 3. The number of rotatable bonds is 3. The summed E-state index contributed by atoms with van der Waals surface area (Å²) in [4.78, 5) is 24.5. The highest BCUT2D eigenvalue weighted by Gasteiger charge is 2.24. The van der Waals surface area contributed by atoms with Gasteiger partial charge in [-0.05, 0) is 45.7 Å². The smallest absolute Gasteiger partial charge is 0.212 e. The van der Waals surface area contributed by atoms with Gasteiger partial charge in [0, 0.05) is 24.2 Å². The van der Waals surface area contributed by atoms with Crippen LogP contribution in [0.3, 0.4) is 0 Å². The van der Waals surface area contributed by atoms with Crippen LogP contribution in [0.1, 0.15) is 44.1 Å². The number of carbonyl (C=O) groups excluding carboxylic acids is 1. The number of carbonyl (C=O) groups is 1. The molecule has 1 aliphatic heterocycles. The first-order chi connectivity index (χ1) is 11.9. The summed E-state index contributed by atoms with van der Waals surface area (Å²) >= 11 is 0. The van der Waals surface area contributed by atoms with Crippen molar-refractivity contribution in [2.75, 3.05) is 31.2 Å². The van der Waals surface area contributed by atoms with Gasteiger partial charge in [-0.3, -0.25) is 4.79 Å². The lowest BCUT2D eigenvalue weighted by molar-refractivity contribution is 0.103. The van der Waals surface area contributed by atoms with Gasteiger partial charge in [-0.1, -0.05) is 17.7 Å². The van der Waals surface area contributed by atoms with Gasteiger partial charge < -0.3 is 9.64 Å². The van der Waals surface area contributed by atoms with Gasteiger partial charge in [0.25, 0.3) is 0 Å². The van der Waals surface area contributed by atoms with E-state index in [2.05, 4.69) is 14.9 Å². The Morgan fingerprint density at radius 2 is 1.60 bits per heavy atom. The van der Waals surface area contributed by atoms with Crippen LogP contribution in [0.25, 0.3) is 0 Å². The molecule has 0 bridgehead atoms. The molecule has 132 valence electrons. The fourth-order valence-corrected chi connectivity index (χ4v) is 3.57. The molecule has 0 saturated carbocycles. The summed E-state index contributed by atoms with van der Waals surface area (Å²) in [6.45, 7) is 12.7. The standard InChI is InChI=1S/C20H25N3O2/c1-12-10-13(2)17(14(3)11-12)19(24)18-15(4)20(22-16(5)21-18)23-6-8-25-9-7-23/h10-11H,6-9H2,1-5H3. The van der Waals surface area contributed by atoms with Crippen molar-refractivity contribution in [3.8, 4) is 0 Å². The van der Waals surface area contributed by atoms with E-state index in [1.54, 1.807) is 0 Å². The number of ether oxygens (including phenoxy) is 1. The van der Waals surface area contributed by atoms with Crippen LogP contribution in [0.4, 0.5) is 5.82 Å². The van der Waals surface area contributed by atoms with Crippen molar-refractivity contribution in [2.45, 2.75) is 34.6 Å². The second-order valence-corrected chi connectivity index (χ2v) is 6.77. The lowest BCUT2D eigenvalue weighted by Crippen LogP contribution is -2.37. The van der Waals surface area contributed by atoms with E-state index in [0.29, 0.717) is 24.7 Å². The molecule has 5 heteroatoms. The zero-order valence-corrected chi connectivity index (χ0v) is 15.6. The highest BCUT2D eigenvalue weighted by molar-refractivity contribution is 6.11. The minimum Gasteiger partial charge on any atom is -0.378 e. The molecule has 2 heterocycles. The van der Waals surface area contributed by atoms with Crippen LogP contribution in [-0.4, -0.2) is 42.1 Å². The van der Waals surface area contributed by atoms with Gasteiger partial charge in [-0.15, -0.1) is 0 Å². The average Bonchev–Trinajstić information content (AvgIpc) is 2.56. The molecule has 5 nitrogen and oxygen atoms in total. The molecule has 0 aliphatic carbocycles. The van der Waals surface area contributed by atoms with Gasteiger partial charge in [0.05, 0.1) is 13.2 Å². The lowest BCUT2D eigenvalue weighted by Gasteiger charge is -2.29. The van der Waals surface area contributed by atoms with Gasteiger partial charge >= 0.3 is 0 Å². The Morgan fingerprint density at radius 1 is 1.00 bits per heavy atom. The molecule has 2 aromatic rings. The molecule has 1 aromatic carbocycles. The van der Waals surface area contributed by atoms with Crippen LogP contribution in [-0.2, 0) is 4.74 Å². The molecular weight excluding hydrogens is 314 g/mol. The monoisotopic (exact) mass is 339 g/mol. The summed E-state index contributed by atoms with van der Waals surface area (Å²) in [5, 5.41) is 0. The largest absolute Gasteiger partial charge is 0.378 e. The molecule has 1 aliphatic rings. The van der Waals surface area contributed by atoms with Crippen LogP contribution < -0.4 is 4.90 Å². The van der Waals surface area contributed by atoms with Crippen LogP contribution in [0.15, 0.2) is 12.1 Å². The first-order valence-electron chi connectivity index (χ1n) is 8.69. The van der Waals surface area contributed by atoms with Crippen LogP contribution >= 0.6 is 0 Å². The van der Waals surface area contributed by atoms with Crippen molar-refractivity contribution < 1.29 is 9.53 Å². The van der Waals surface area contributed by atoms with E-state index in [9.17, 15) is 4.79 Å². The van der Waals surface area contributed by atoms with Crippen molar-refractivity contribution in [3.05, 3.63) is 51.5 Å². The highest BCUT2D eigenvalue weighted by Crippen LogP contribution is 2.26.